The molecule has 0 amide bonds. The fraction of sp³-hybridized carbons (Fsp3) is 0.118. The molecule has 1 aromatic carbocycles. The molecule has 2 rings (SSSR count). The standard InChI is InChI=1S/C17H19N3/c1-5-13(3)20-17-10-16(18-4)15(11-19-17)14-8-6-7-12(2)9-14/h5-11H,1,3H2,2,4H3,(H2,18,19,20). The van der Waals surface area contributed by atoms with Crippen LogP contribution in [-0.2, 0) is 0 Å². The fourth-order valence-corrected chi connectivity index (χ4v) is 1.99. The molecule has 0 fully saturated rings. The van der Waals surface area contributed by atoms with E-state index in [4.69, 9.17) is 0 Å². The fourth-order valence-electron chi connectivity index (χ4n) is 1.99. The zero-order chi connectivity index (χ0) is 14.5. The number of anilines is 2. The summed E-state index contributed by atoms with van der Waals surface area (Å²) in [6, 6.07) is 10.3. The number of nitrogens with zero attached hydrogens (tertiary/aromatic N) is 1. The second-order valence-electron chi connectivity index (χ2n) is 4.59. The van der Waals surface area contributed by atoms with E-state index in [2.05, 4.69) is 60.0 Å². The van der Waals surface area contributed by atoms with Gasteiger partial charge in [-0.15, -0.1) is 0 Å². The van der Waals surface area contributed by atoms with Gasteiger partial charge in [0.25, 0.3) is 0 Å². The average molecular weight is 265 g/mol. The van der Waals surface area contributed by atoms with Crippen LogP contribution in [0, 0.1) is 6.92 Å². The summed E-state index contributed by atoms with van der Waals surface area (Å²) in [6.07, 6.45) is 3.52. The molecule has 0 aliphatic heterocycles. The molecule has 0 aliphatic carbocycles. The summed E-state index contributed by atoms with van der Waals surface area (Å²) in [5.74, 6) is 0.746. The molecule has 1 aromatic heterocycles. The first-order valence-corrected chi connectivity index (χ1v) is 6.47. The minimum atomic E-state index is 0.725. The summed E-state index contributed by atoms with van der Waals surface area (Å²) < 4.78 is 0. The van der Waals surface area contributed by atoms with E-state index in [0.29, 0.717) is 0 Å². The topological polar surface area (TPSA) is 37.0 Å². The molecule has 0 unspecified atom stereocenters. The molecular formula is C17H19N3. The van der Waals surface area contributed by atoms with Crippen molar-refractivity contribution in [2.75, 3.05) is 17.7 Å². The van der Waals surface area contributed by atoms with Crippen molar-refractivity contribution in [3.05, 3.63) is 67.0 Å². The molecule has 3 heteroatoms. The molecule has 2 aromatic rings. The highest BCUT2D eigenvalue weighted by Crippen LogP contribution is 2.29. The molecule has 0 radical (unpaired) electrons. The molecule has 0 saturated heterocycles. The van der Waals surface area contributed by atoms with Crippen LogP contribution < -0.4 is 10.6 Å². The van der Waals surface area contributed by atoms with Crippen molar-refractivity contribution in [3.63, 3.8) is 0 Å². The third-order valence-corrected chi connectivity index (χ3v) is 3.04. The largest absolute Gasteiger partial charge is 0.387 e. The van der Waals surface area contributed by atoms with Crippen molar-refractivity contribution in [3.8, 4) is 11.1 Å². The first-order chi connectivity index (χ1) is 9.63. The van der Waals surface area contributed by atoms with Crippen molar-refractivity contribution < 1.29 is 0 Å². The van der Waals surface area contributed by atoms with Gasteiger partial charge in [0.1, 0.15) is 5.82 Å². The Morgan fingerprint density at radius 2 is 2.10 bits per heavy atom. The molecular weight excluding hydrogens is 246 g/mol. The van der Waals surface area contributed by atoms with Crippen molar-refractivity contribution in [1.82, 2.24) is 4.98 Å². The lowest BCUT2D eigenvalue weighted by molar-refractivity contribution is 1.28. The van der Waals surface area contributed by atoms with E-state index in [1.165, 1.54) is 5.56 Å². The molecule has 102 valence electrons. The summed E-state index contributed by atoms with van der Waals surface area (Å²) in [4.78, 5) is 4.42. The van der Waals surface area contributed by atoms with Crippen LogP contribution in [0.3, 0.4) is 0 Å². The smallest absolute Gasteiger partial charge is 0.132 e. The third kappa shape index (κ3) is 3.06. The molecule has 20 heavy (non-hydrogen) atoms. The second-order valence-corrected chi connectivity index (χ2v) is 4.59. The van der Waals surface area contributed by atoms with E-state index in [1.807, 2.05) is 19.3 Å². The van der Waals surface area contributed by atoms with E-state index in [0.717, 1.165) is 28.3 Å². The highest BCUT2D eigenvalue weighted by atomic mass is 15.0. The summed E-state index contributed by atoms with van der Waals surface area (Å²) in [5.41, 5.74) is 5.20. The predicted molar refractivity (Wildman–Crippen MR) is 86.9 cm³/mol. The Morgan fingerprint density at radius 1 is 1.30 bits per heavy atom. The number of nitrogens with one attached hydrogen (secondary N) is 2. The molecule has 1 heterocycles. The number of allylic oxidation sites excluding steroid dienone is 1. The summed E-state index contributed by atoms with van der Waals surface area (Å²) in [6.45, 7) is 9.58. The number of aryl methyl sites for hydroxylation is 1. The molecule has 3 nitrogen and oxygen atoms in total. The Labute approximate surface area is 120 Å². The quantitative estimate of drug-likeness (QED) is 0.795. The van der Waals surface area contributed by atoms with Crippen molar-refractivity contribution in [2.24, 2.45) is 0 Å². The normalized spacial score (nSPS) is 9.90. The van der Waals surface area contributed by atoms with Crippen LogP contribution in [0.2, 0.25) is 0 Å². The Balaban J connectivity index is 2.40. The van der Waals surface area contributed by atoms with Crippen LogP contribution in [0.5, 0.6) is 0 Å². The van der Waals surface area contributed by atoms with Crippen LogP contribution in [0.1, 0.15) is 5.56 Å². The maximum Gasteiger partial charge on any atom is 0.132 e. The minimum Gasteiger partial charge on any atom is -0.387 e. The van der Waals surface area contributed by atoms with Gasteiger partial charge in [-0.25, -0.2) is 4.98 Å². The Kier molecular flexibility index (Phi) is 4.20. The number of pyridine rings is 1. The number of rotatable bonds is 5. The minimum absolute atomic E-state index is 0.725. The van der Waals surface area contributed by atoms with Gasteiger partial charge in [-0.2, -0.15) is 0 Å². The lowest BCUT2D eigenvalue weighted by Gasteiger charge is -2.12. The number of hydrogen-bond donors (Lipinski definition) is 2. The summed E-state index contributed by atoms with van der Waals surface area (Å²) in [7, 11) is 1.90. The number of benzene rings is 1. The molecule has 0 saturated carbocycles. The first-order valence-electron chi connectivity index (χ1n) is 6.47. The van der Waals surface area contributed by atoms with Crippen LogP contribution in [0.15, 0.2) is 61.5 Å². The Bertz CT molecular complexity index is 644. The van der Waals surface area contributed by atoms with E-state index < -0.39 is 0 Å². The highest BCUT2D eigenvalue weighted by Gasteiger charge is 2.07. The lowest BCUT2D eigenvalue weighted by Crippen LogP contribution is -2.00. The third-order valence-electron chi connectivity index (χ3n) is 3.04. The van der Waals surface area contributed by atoms with Crippen LogP contribution in [-0.4, -0.2) is 12.0 Å². The Morgan fingerprint density at radius 3 is 2.75 bits per heavy atom. The van der Waals surface area contributed by atoms with Gasteiger partial charge in [0.2, 0.25) is 0 Å². The van der Waals surface area contributed by atoms with Crippen molar-refractivity contribution in [1.29, 1.82) is 0 Å². The van der Waals surface area contributed by atoms with E-state index in [9.17, 15) is 0 Å². The van der Waals surface area contributed by atoms with Gasteiger partial charge in [-0.1, -0.05) is 43.0 Å². The number of hydrogen-bond acceptors (Lipinski definition) is 3. The zero-order valence-electron chi connectivity index (χ0n) is 11.9. The summed E-state index contributed by atoms with van der Waals surface area (Å²) in [5, 5.41) is 6.30. The zero-order valence-corrected chi connectivity index (χ0v) is 11.9. The van der Waals surface area contributed by atoms with Crippen molar-refractivity contribution in [2.45, 2.75) is 6.92 Å². The molecule has 0 spiro atoms. The number of aromatic nitrogens is 1. The van der Waals surface area contributed by atoms with Crippen LogP contribution in [0.4, 0.5) is 11.5 Å². The van der Waals surface area contributed by atoms with Crippen LogP contribution in [0.25, 0.3) is 11.1 Å². The van der Waals surface area contributed by atoms with Gasteiger partial charge in [0.05, 0.1) is 0 Å². The average Bonchev–Trinajstić information content (AvgIpc) is 2.47. The highest BCUT2D eigenvalue weighted by molar-refractivity contribution is 5.79. The molecule has 0 aliphatic rings. The predicted octanol–water partition coefficient (Wildman–Crippen LogP) is 4.21. The van der Waals surface area contributed by atoms with Gasteiger partial charge in [0.15, 0.2) is 0 Å². The van der Waals surface area contributed by atoms with Gasteiger partial charge < -0.3 is 10.6 Å². The maximum absolute atomic E-state index is 4.42. The Hall–Kier alpha value is -2.55. The van der Waals surface area contributed by atoms with Gasteiger partial charge in [0, 0.05) is 36.3 Å². The lowest BCUT2D eigenvalue weighted by atomic mass is 10.0. The monoisotopic (exact) mass is 265 g/mol. The van der Waals surface area contributed by atoms with E-state index in [-0.39, 0.29) is 0 Å². The van der Waals surface area contributed by atoms with Gasteiger partial charge >= 0.3 is 0 Å². The van der Waals surface area contributed by atoms with Gasteiger partial charge in [-0.05, 0) is 18.6 Å². The summed E-state index contributed by atoms with van der Waals surface area (Å²) >= 11 is 0. The maximum atomic E-state index is 4.42. The van der Waals surface area contributed by atoms with E-state index >= 15 is 0 Å². The van der Waals surface area contributed by atoms with E-state index in [1.54, 1.807) is 6.08 Å². The molecule has 0 atom stereocenters. The van der Waals surface area contributed by atoms with Gasteiger partial charge in [-0.3, -0.25) is 0 Å². The molecule has 2 N–H and O–H groups in total. The first kappa shape index (κ1) is 13.9. The second kappa shape index (κ2) is 6.06. The molecule has 0 bridgehead atoms. The van der Waals surface area contributed by atoms with Crippen LogP contribution >= 0.6 is 0 Å². The SMILES string of the molecule is C=CC(=C)Nc1cc(NC)c(-c2cccc(C)c2)cn1. The van der Waals surface area contributed by atoms with Crippen molar-refractivity contribution >= 4 is 11.5 Å².